The highest BCUT2D eigenvalue weighted by Gasteiger charge is 2.20. The number of carboxylic acid groups (broad SMARTS) is 1. The van der Waals surface area contributed by atoms with Crippen LogP contribution in [-0.4, -0.2) is 47.2 Å². The Morgan fingerprint density at radius 3 is 2.17 bits per heavy atom. The predicted octanol–water partition coefficient (Wildman–Crippen LogP) is -0.899. The molecular weight excluding hydrogens is 240 g/mol. The fourth-order valence-electron chi connectivity index (χ4n) is 0.941. The summed E-state index contributed by atoms with van der Waals surface area (Å²) in [6.45, 7) is 5.09. The second kappa shape index (κ2) is 6.95. The van der Waals surface area contributed by atoms with Crippen LogP contribution in [0.5, 0.6) is 0 Å². The van der Waals surface area contributed by atoms with E-state index in [-0.39, 0.29) is 25.4 Å². The third-order valence-electron chi connectivity index (χ3n) is 2.10. The van der Waals surface area contributed by atoms with E-state index in [1.165, 1.54) is 0 Å². The zero-order chi connectivity index (χ0) is 14.3. The smallest absolute Gasteiger partial charge is 0.334 e. The first kappa shape index (κ1) is 16.4. The van der Waals surface area contributed by atoms with E-state index in [1.54, 1.807) is 20.8 Å². The number of amides is 2. The Morgan fingerprint density at radius 2 is 1.72 bits per heavy atom. The number of aliphatic hydroxyl groups is 1. The molecule has 0 aliphatic carbocycles. The molecule has 0 heterocycles. The number of carbonyl (C=O) groups is 3. The molecule has 0 aliphatic rings. The lowest BCUT2D eigenvalue weighted by molar-refractivity contribution is -0.146. The molecule has 0 radical (unpaired) electrons. The zero-order valence-electron chi connectivity index (χ0n) is 10.8. The maximum atomic E-state index is 11.4. The first-order valence-electron chi connectivity index (χ1n) is 5.60. The minimum absolute atomic E-state index is 0.0359. The van der Waals surface area contributed by atoms with E-state index < -0.39 is 23.4 Å². The van der Waals surface area contributed by atoms with Crippen molar-refractivity contribution in [3.05, 3.63) is 0 Å². The topological polar surface area (TPSA) is 116 Å². The normalized spacial score (nSPS) is 12.7. The molecule has 104 valence electrons. The highest BCUT2D eigenvalue weighted by molar-refractivity contribution is 5.82. The molecular formula is C11H20N2O5. The quantitative estimate of drug-likeness (QED) is 0.494. The van der Waals surface area contributed by atoms with Gasteiger partial charge in [0.1, 0.15) is 0 Å². The van der Waals surface area contributed by atoms with E-state index in [1.807, 2.05) is 0 Å². The number of hydrogen-bond donors (Lipinski definition) is 4. The third-order valence-corrected chi connectivity index (χ3v) is 2.10. The largest absolute Gasteiger partial charge is 0.479 e. The molecule has 0 unspecified atom stereocenters. The van der Waals surface area contributed by atoms with Crippen molar-refractivity contribution < 1.29 is 24.6 Å². The van der Waals surface area contributed by atoms with Gasteiger partial charge in [-0.2, -0.15) is 0 Å². The molecule has 0 saturated heterocycles. The zero-order valence-corrected chi connectivity index (χ0v) is 10.8. The molecule has 1 atom stereocenters. The van der Waals surface area contributed by atoms with Gasteiger partial charge in [0.25, 0.3) is 0 Å². The molecule has 0 aliphatic heterocycles. The van der Waals surface area contributed by atoms with E-state index >= 15 is 0 Å². The van der Waals surface area contributed by atoms with Gasteiger partial charge in [0.05, 0.1) is 6.54 Å². The van der Waals surface area contributed by atoms with Gasteiger partial charge in [0.15, 0.2) is 6.10 Å². The fraction of sp³-hybridized carbons (Fsp3) is 0.727. The van der Waals surface area contributed by atoms with Gasteiger partial charge in [-0.15, -0.1) is 0 Å². The van der Waals surface area contributed by atoms with Crippen molar-refractivity contribution in [2.45, 2.75) is 33.3 Å². The van der Waals surface area contributed by atoms with Gasteiger partial charge >= 0.3 is 5.97 Å². The maximum Gasteiger partial charge on any atom is 0.334 e. The predicted molar refractivity (Wildman–Crippen MR) is 63.7 cm³/mol. The molecule has 4 N–H and O–H groups in total. The van der Waals surface area contributed by atoms with Crippen molar-refractivity contribution in [1.29, 1.82) is 0 Å². The highest BCUT2D eigenvalue weighted by Crippen LogP contribution is 2.11. The van der Waals surface area contributed by atoms with Crippen LogP contribution >= 0.6 is 0 Å². The summed E-state index contributed by atoms with van der Waals surface area (Å²) in [6.07, 6.45) is -1.58. The molecule has 0 spiro atoms. The second-order valence-corrected chi connectivity index (χ2v) is 4.91. The Labute approximate surface area is 106 Å². The first-order valence-corrected chi connectivity index (χ1v) is 5.60. The molecule has 0 fully saturated rings. The number of aliphatic carboxylic acids is 1. The minimum Gasteiger partial charge on any atom is -0.479 e. The van der Waals surface area contributed by atoms with Crippen LogP contribution < -0.4 is 10.6 Å². The summed E-state index contributed by atoms with van der Waals surface area (Å²) < 4.78 is 0. The van der Waals surface area contributed by atoms with Crippen molar-refractivity contribution in [1.82, 2.24) is 10.6 Å². The van der Waals surface area contributed by atoms with E-state index in [2.05, 4.69) is 10.6 Å². The summed E-state index contributed by atoms with van der Waals surface area (Å²) in [6, 6.07) is 0. The first-order chi connectivity index (χ1) is 8.14. The molecule has 7 heteroatoms. The van der Waals surface area contributed by atoms with E-state index in [0.29, 0.717) is 0 Å². The molecule has 2 amide bonds. The van der Waals surface area contributed by atoms with Crippen LogP contribution in [0.2, 0.25) is 0 Å². The standard InChI is InChI=1S/C11H20N2O5/c1-11(2,3)10(18)12-5-4-8(15)13-6-7(14)9(16)17/h7,14H,4-6H2,1-3H3,(H,12,18)(H,13,15)(H,16,17)/t7-/m0/s1. The van der Waals surface area contributed by atoms with Crippen molar-refractivity contribution in [2.24, 2.45) is 5.41 Å². The summed E-state index contributed by atoms with van der Waals surface area (Å²) in [7, 11) is 0. The van der Waals surface area contributed by atoms with Crippen molar-refractivity contribution >= 4 is 17.8 Å². The Kier molecular flexibility index (Phi) is 6.32. The monoisotopic (exact) mass is 260 g/mol. The highest BCUT2D eigenvalue weighted by atomic mass is 16.4. The lowest BCUT2D eigenvalue weighted by Gasteiger charge is -2.17. The van der Waals surface area contributed by atoms with Crippen LogP contribution in [0, 0.1) is 5.41 Å². The van der Waals surface area contributed by atoms with Gasteiger partial charge < -0.3 is 20.8 Å². The summed E-state index contributed by atoms with van der Waals surface area (Å²) in [5.74, 6) is -1.98. The van der Waals surface area contributed by atoms with E-state index in [4.69, 9.17) is 10.2 Å². The summed E-state index contributed by atoms with van der Waals surface area (Å²) in [4.78, 5) is 32.9. The molecule has 7 nitrogen and oxygen atoms in total. The molecule has 0 aromatic heterocycles. The van der Waals surface area contributed by atoms with Crippen LogP contribution in [0.4, 0.5) is 0 Å². The Bertz CT molecular complexity index is 322. The van der Waals surface area contributed by atoms with Crippen molar-refractivity contribution in [2.75, 3.05) is 13.1 Å². The van der Waals surface area contributed by atoms with Gasteiger partial charge in [-0.3, -0.25) is 9.59 Å². The Balaban J connectivity index is 3.79. The average Bonchev–Trinajstić information content (AvgIpc) is 2.24. The fourth-order valence-corrected chi connectivity index (χ4v) is 0.941. The van der Waals surface area contributed by atoms with Crippen molar-refractivity contribution in [3.8, 4) is 0 Å². The number of carboxylic acids is 1. The summed E-state index contributed by atoms with van der Waals surface area (Å²) in [5, 5.41) is 22.1. The number of nitrogens with one attached hydrogen (secondary N) is 2. The Hall–Kier alpha value is -1.63. The van der Waals surface area contributed by atoms with Gasteiger partial charge in [-0.25, -0.2) is 4.79 Å². The Morgan fingerprint density at radius 1 is 1.17 bits per heavy atom. The molecule has 0 bridgehead atoms. The lowest BCUT2D eigenvalue weighted by atomic mass is 9.96. The number of carbonyl (C=O) groups excluding carboxylic acids is 2. The average molecular weight is 260 g/mol. The molecule has 0 saturated carbocycles. The maximum absolute atomic E-state index is 11.4. The lowest BCUT2D eigenvalue weighted by Crippen LogP contribution is -2.39. The van der Waals surface area contributed by atoms with Crippen LogP contribution in [0.1, 0.15) is 27.2 Å². The number of rotatable bonds is 6. The van der Waals surface area contributed by atoms with E-state index in [9.17, 15) is 14.4 Å². The summed E-state index contributed by atoms with van der Waals surface area (Å²) >= 11 is 0. The number of hydrogen-bond acceptors (Lipinski definition) is 4. The van der Waals surface area contributed by atoms with Crippen LogP contribution in [-0.2, 0) is 14.4 Å². The van der Waals surface area contributed by atoms with E-state index in [0.717, 1.165) is 0 Å². The molecule has 18 heavy (non-hydrogen) atoms. The minimum atomic E-state index is -1.61. The van der Waals surface area contributed by atoms with Gasteiger partial charge in [0, 0.05) is 18.4 Å². The molecule has 0 aromatic rings. The third kappa shape index (κ3) is 6.85. The molecule has 0 rings (SSSR count). The van der Waals surface area contributed by atoms with Crippen LogP contribution in [0.25, 0.3) is 0 Å². The SMILES string of the molecule is CC(C)(C)C(=O)NCCC(=O)NC[C@H](O)C(=O)O. The van der Waals surface area contributed by atoms with Crippen molar-refractivity contribution in [3.63, 3.8) is 0 Å². The second-order valence-electron chi connectivity index (χ2n) is 4.91. The van der Waals surface area contributed by atoms with Gasteiger partial charge in [0.2, 0.25) is 11.8 Å². The van der Waals surface area contributed by atoms with Gasteiger partial charge in [-0.1, -0.05) is 20.8 Å². The number of aliphatic hydroxyl groups excluding tert-OH is 1. The van der Waals surface area contributed by atoms with Crippen LogP contribution in [0.15, 0.2) is 0 Å². The van der Waals surface area contributed by atoms with Crippen LogP contribution in [0.3, 0.4) is 0 Å². The molecule has 0 aromatic carbocycles. The summed E-state index contributed by atoms with van der Waals surface area (Å²) in [5.41, 5.74) is -0.518. The van der Waals surface area contributed by atoms with Gasteiger partial charge in [-0.05, 0) is 0 Å².